The lowest BCUT2D eigenvalue weighted by molar-refractivity contribution is -0.129. The van der Waals surface area contributed by atoms with Gasteiger partial charge in [-0.1, -0.05) is 27.7 Å². The molecule has 0 atom stereocenters. The molecule has 0 aromatic heterocycles. The van der Waals surface area contributed by atoms with Gasteiger partial charge in [-0.2, -0.15) is 0 Å². The summed E-state index contributed by atoms with van der Waals surface area (Å²) in [7, 11) is 1.94. The lowest BCUT2D eigenvalue weighted by Gasteiger charge is -2.45. The molecule has 2 fully saturated rings. The molecule has 1 amide bonds. The van der Waals surface area contributed by atoms with Crippen LogP contribution < -0.4 is 5.32 Å². The molecule has 0 spiro atoms. The van der Waals surface area contributed by atoms with Crippen LogP contribution in [0.25, 0.3) is 0 Å². The Morgan fingerprint density at radius 1 is 1.16 bits per heavy atom. The van der Waals surface area contributed by atoms with Crippen LogP contribution in [0.3, 0.4) is 0 Å². The van der Waals surface area contributed by atoms with Gasteiger partial charge in [0.1, 0.15) is 0 Å². The Morgan fingerprint density at radius 2 is 1.68 bits per heavy atom. The third kappa shape index (κ3) is 4.20. The average Bonchev–Trinajstić information content (AvgIpc) is 3.04. The summed E-state index contributed by atoms with van der Waals surface area (Å²) in [6, 6.07) is 1.00. The van der Waals surface area contributed by atoms with E-state index in [0.29, 0.717) is 29.5 Å². The summed E-state index contributed by atoms with van der Waals surface area (Å²) in [6.07, 6.45) is 6.00. The summed E-state index contributed by atoms with van der Waals surface area (Å²) in [5.74, 6) is 0.253. The van der Waals surface area contributed by atoms with Crippen molar-refractivity contribution in [1.82, 2.24) is 10.2 Å². The van der Waals surface area contributed by atoms with Crippen LogP contribution in [-0.2, 0) is 4.79 Å². The first kappa shape index (κ1) is 14.8. The van der Waals surface area contributed by atoms with Gasteiger partial charge in [-0.3, -0.25) is 4.79 Å². The van der Waals surface area contributed by atoms with E-state index in [1.807, 2.05) is 11.9 Å². The van der Waals surface area contributed by atoms with Gasteiger partial charge in [0, 0.05) is 19.1 Å². The molecule has 110 valence electrons. The van der Waals surface area contributed by atoms with Crippen molar-refractivity contribution in [2.45, 2.75) is 71.9 Å². The van der Waals surface area contributed by atoms with Gasteiger partial charge < -0.3 is 10.2 Å². The molecule has 0 aliphatic heterocycles. The molecule has 1 N–H and O–H groups in total. The highest BCUT2D eigenvalue weighted by Gasteiger charge is 2.38. The SMILES string of the molecule is CN(C(=O)CNC1CC(C)(C)CC(C)(C)C1)C1CC1. The minimum Gasteiger partial charge on any atom is -0.342 e. The Kier molecular flexibility index (Phi) is 3.97. The lowest BCUT2D eigenvalue weighted by Crippen LogP contribution is -2.47. The van der Waals surface area contributed by atoms with E-state index in [-0.39, 0.29) is 5.91 Å². The van der Waals surface area contributed by atoms with Crippen molar-refractivity contribution < 1.29 is 4.79 Å². The fourth-order valence-corrected chi connectivity index (χ4v) is 4.01. The van der Waals surface area contributed by atoms with Gasteiger partial charge in [0.2, 0.25) is 5.91 Å². The van der Waals surface area contributed by atoms with Crippen molar-refractivity contribution in [3.63, 3.8) is 0 Å². The van der Waals surface area contributed by atoms with E-state index in [1.165, 1.54) is 32.1 Å². The fraction of sp³-hybridized carbons (Fsp3) is 0.938. The molecule has 0 bridgehead atoms. The largest absolute Gasteiger partial charge is 0.342 e. The van der Waals surface area contributed by atoms with Gasteiger partial charge in [0.05, 0.1) is 6.54 Å². The van der Waals surface area contributed by atoms with Crippen LogP contribution in [-0.4, -0.2) is 36.5 Å². The number of carbonyl (C=O) groups excluding carboxylic acids is 1. The highest BCUT2D eigenvalue weighted by atomic mass is 16.2. The molecule has 2 aliphatic carbocycles. The second kappa shape index (κ2) is 5.08. The van der Waals surface area contributed by atoms with Crippen LogP contribution in [0, 0.1) is 10.8 Å². The molecule has 2 saturated carbocycles. The number of carbonyl (C=O) groups is 1. The predicted molar refractivity (Wildman–Crippen MR) is 79.0 cm³/mol. The predicted octanol–water partition coefficient (Wildman–Crippen LogP) is 2.80. The molecule has 3 nitrogen and oxygen atoms in total. The number of nitrogens with zero attached hydrogens (tertiary/aromatic N) is 1. The zero-order valence-electron chi connectivity index (χ0n) is 13.3. The Bertz CT molecular complexity index is 329. The molecular weight excluding hydrogens is 236 g/mol. The zero-order valence-corrected chi connectivity index (χ0v) is 13.3. The van der Waals surface area contributed by atoms with Crippen LogP contribution in [0.1, 0.15) is 59.8 Å². The lowest BCUT2D eigenvalue weighted by atomic mass is 9.63. The van der Waals surface area contributed by atoms with Crippen molar-refractivity contribution in [2.75, 3.05) is 13.6 Å². The first-order valence-corrected chi connectivity index (χ1v) is 7.68. The van der Waals surface area contributed by atoms with Gasteiger partial charge in [-0.05, 0) is 42.9 Å². The van der Waals surface area contributed by atoms with E-state index in [4.69, 9.17) is 0 Å². The molecule has 0 radical (unpaired) electrons. The number of amides is 1. The van der Waals surface area contributed by atoms with E-state index < -0.39 is 0 Å². The number of hydrogen-bond acceptors (Lipinski definition) is 2. The van der Waals surface area contributed by atoms with Crippen molar-refractivity contribution in [3.8, 4) is 0 Å². The van der Waals surface area contributed by atoms with Crippen LogP contribution in [0.5, 0.6) is 0 Å². The quantitative estimate of drug-likeness (QED) is 0.848. The normalized spacial score (nSPS) is 26.2. The molecule has 2 aliphatic rings. The van der Waals surface area contributed by atoms with Gasteiger partial charge in [-0.15, -0.1) is 0 Å². The Hall–Kier alpha value is -0.570. The third-order valence-electron chi connectivity index (χ3n) is 4.59. The van der Waals surface area contributed by atoms with Crippen molar-refractivity contribution >= 4 is 5.91 Å². The molecule has 3 heteroatoms. The Balaban J connectivity index is 1.83. The summed E-state index contributed by atoms with van der Waals surface area (Å²) in [5.41, 5.74) is 0.760. The molecule has 0 aromatic carbocycles. The van der Waals surface area contributed by atoms with E-state index >= 15 is 0 Å². The molecule has 19 heavy (non-hydrogen) atoms. The zero-order chi connectivity index (χ0) is 14.3. The monoisotopic (exact) mass is 266 g/mol. The molecule has 2 rings (SSSR count). The molecule has 0 saturated heterocycles. The van der Waals surface area contributed by atoms with Crippen molar-refractivity contribution in [2.24, 2.45) is 10.8 Å². The summed E-state index contributed by atoms with van der Waals surface area (Å²) in [4.78, 5) is 14.0. The van der Waals surface area contributed by atoms with Gasteiger partial charge in [-0.25, -0.2) is 0 Å². The Morgan fingerprint density at radius 3 is 2.16 bits per heavy atom. The van der Waals surface area contributed by atoms with Crippen LogP contribution in [0.15, 0.2) is 0 Å². The van der Waals surface area contributed by atoms with Gasteiger partial charge in [0.25, 0.3) is 0 Å². The maximum absolute atomic E-state index is 12.1. The minimum absolute atomic E-state index is 0.253. The van der Waals surface area contributed by atoms with E-state index in [1.54, 1.807) is 0 Å². The highest BCUT2D eigenvalue weighted by molar-refractivity contribution is 5.78. The summed E-state index contributed by atoms with van der Waals surface area (Å²) in [5, 5.41) is 3.50. The number of nitrogens with one attached hydrogen (secondary N) is 1. The standard InChI is InChI=1S/C16H30N2O/c1-15(2)8-12(9-16(3,4)11-15)17-10-14(19)18(5)13-6-7-13/h12-13,17H,6-11H2,1-5H3. The molecule has 0 unspecified atom stereocenters. The average molecular weight is 266 g/mol. The van der Waals surface area contributed by atoms with E-state index in [0.717, 1.165) is 0 Å². The second-order valence-corrected chi connectivity index (χ2v) is 8.23. The molecule has 0 heterocycles. The van der Waals surface area contributed by atoms with Crippen molar-refractivity contribution in [3.05, 3.63) is 0 Å². The maximum atomic E-state index is 12.1. The highest BCUT2D eigenvalue weighted by Crippen LogP contribution is 2.45. The third-order valence-corrected chi connectivity index (χ3v) is 4.59. The Labute approximate surface area is 118 Å². The number of hydrogen-bond donors (Lipinski definition) is 1. The van der Waals surface area contributed by atoms with Crippen LogP contribution in [0.4, 0.5) is 0 Å². The number of rotatable bonds is 4. The van der Waals surface area contributed by atoms with Crippen molar-refractivity contribution in [1.29, 1.82) is 0 Å². The minimum atomic E-state index is 0.253. The fourth-order valence-electron chi connectivity index (χ4n) is 4.01. The van der Waals surface area contributed by atoms with Gasteiger partial charge >= 0.3 is 0 Å². The molecule has 0 aromatic rings. The maximum Gasteiger partial charge on any atom is 0.236 e. The summed E-state index contributed by atoms with van der Waals surface area (Å²) >= 11 is 0. The second-order valence-electron chi connectivity index (χ2n) is 8.23. The van der Waals surface area contributed by atoms with E-state index in [2.05, 4.69) is 33.0 Å². The van der Waals surface area contributed by atoms with E-state index in [9.17, 15) is 4.79 Å². The number of likely N-dealkylation sites (N-methyl/N-ethyl adjacent to an activating group) is 1. The van der Waals surface area contributed by atoms with Crippen LogP contribution >= 0.6 is 0 Å². The first-order valence-electron chi connectivity index (χ1n) is 7.68. The van der Waals surface area contributed by atoms with Crippen LogP contribution in [0.2, 0.25) is 0 Å². The first-order chi connectivity index (χ1) is 8.69. The van der Waals surface area contributed by atoms with Gasteiger partial charge in [0.15, 0.2) is 0 Å². The smallest absolute Gasteiger partial charge is 0.236 e. The molecular formula is C16H30N2O. The summed E-state index contributed by atoms with van der Waals surface area (Å²) in [6.45, 7) is 9.90. The topological polar surface area (TPSA) is 32.3 Å². The summed E-state index contributed by atoms with van der Waals surface area (Å²) < 4.78 is 0.